The molecule has 0 spiro atoms. The van der Waals surface area contributed by atoms with Gasteiger partial charge < -0.3 is 10.4 Å². The molecule has 0 bridgehead atoms. The van der Waals surface area contributed by atoms with Crippen molar-refractivity contribution in [2.24, 2.45) is 5.92 Å². The van der Waals surface area contributed by atoms with Crippen LogP contribution in [0.25, 0.3) is 0 Å². The summed E-state index contributed by atoms with van der Waals surface area (Å²) in [5, 5.41) is 12.4. The van der Waals surface area contributed by atoms with E-state index in [-0.39, 0.29) is 18.2 Å². The Balaban J connectivity index is 1.93. The maximum atomic E-state index is 12.2. The first-order valence-corrected chi connectivity index (χ1v) is 8.16. The predicted octanol–water partition coefficient (Wildman–Crippen LogP) is 4.17. The number of halogens is 1. The molecule has 0 aliphatic carbocycles. The Hall–Kier alpha value is -2.33. The van der Waals surface area contributed by atoms with Gasteiger partial charge in [-0.05, 0) is 41.7 Å². The van der Waals surface area contributed by atoms with Gasteiger partial charge in [0.2, 0.25) is 5.91 Å². The molecule has 5 heteroatoms. The summed E-state index contributed by atoms with van der Waals surface area (Å²) in [4.78, 5) is 23.1. The van der Waals surface area contributed by atoms with Crippen LogP contribution < -0.4 is 5.32 Å². The van der Waals surface area contributed by atoms with Crippen LogP contribution in [0, 0.1) is 5.92 Å². The van der Waals surface area contributed by atoms with E-state index in [1.54, 1.807) is 24.3 Å². The second-order valence-electron chi connectivity index (χ2n) is 5.92. The number of amides is 1. The Bertz CT molecular complexity index is 713. The van der Waals surface area contributed by atoms with Gasteiger partial charge in [0.05, 0.1) is 6.42 Å². The number of carboxylic acids is 1. The molecule has 2 aromatic rings. The Kier molecular flexibility index (Phi) is 6.38. The largest absolute Gasteiger partial charge is 0.481 e. The van der Waals surface area contributed by atoms with Gasteiger partial charge in [-0.15, -0.1) is 0 Å². The molecule has 0 aliphatic heterocycles. The fourth-order valence-corrected chi connectivity index (χ4v) is 2.70. The third-order valence-corrected chi connectivity index (χ3v) is 3.92. The third-order valence-electron chi connectivity index (χ3n) is 3.66. The number of carbonyl (C=O) groups is 2. The lowest BCUT2D eigenvalue weighted by Gasteiger charge is -2.13. The number of carboxylic acid groups (broad SMARTS) is 1. The molecule has 1 atom stereocenters. The Morgan fingerprint density at radius 2 is 1.79 bits per heavy atom. The fourth-order valence-electron chi connectivity index (χ4n) is 2.57. The van der Waals surface area contributed by atoms with Crippen LogP contribution in [0.15, 0.2) is 48.5 Å². The number of hydrogen-bond acceptors (Lipinski definition) is 2. The van der Waals surface area contributed by atoms with E-state index in [0.717, 1.165) is 12.0 Å². The van der Waals surface area contributed by atoms with E-state index in [1.165, 1.54) is 0 Å². The zero-order chi connectivity index (χ0) is 17.5. The van der Waals surface area contributed by atoms with E-state index in [9.17, 15) is 9.59 Å². The zero-order valence-corrected chi connectivity index (χ0v) is 14.2. The topological polar surface area (TPSA) is 66.4 Å². The molecule has 2 rings (SSSR count). The lowest BCUT2D eigenvalue weighted by Crippen LogP contribution is -2.17. The van der Waals surface area contributed by atoms with Gasteiger partial charge in [0.15, 0.2) is 0 Å². The maximum absolute atomic E-state index is 12.2. The van der Waals surface area contributed by atoms with Crippen molar-refractivity contribution in [2.75, 3.05) is 5.32 Å². The van der Waals surface area contributed by atoms with Crippen LogP contribution >= 0.6 is 11.6 Å². The molecule has 0 aromatic heterocycles. The summed E-state index contributed by atoms with van der Waals surface area (Å²) >= 11 is 5.87. The number of aliphatic carboxylic acids is 1. The number of hydrogen-bond donors (Lipinski definition) is 2. The highest BCUT2D eigenvalue weighted by Gasteiger charge is 2.13. The minimum absolute atomic E-state index is 0.114. The van der Waals surface area contributed by atoms with Crippen LogP contribution in [-0.4, -0.2) is 17.0 Å². The average molecular weight is 346 g/mol. The van der Waals surface area contributed by atoms with Gasteiger partial charge in [-0.3, -0.25) is 9.59 Å². The van der Waals surface area contributed by atoms with Gasteiger partial charge >= 0.3 is 5.97 Å². The van der Waals surface area contributed by atoms with Gasteiger partial charge in [-0.1, -0.05) is 48.9 Å². The fraction of sp³-hybridized carbons (Fsp3) is 0.263. The van der Waals surface area contributed by atoms with Crippen LogP contribution in [-0.2, 0) is 22.4 Å². The van der Waals surface area contributed by atoms with Gasteiger partial charge in [-0.2, -0.15) is 0 Å². The molecule has 0 fully saturated rings. The molecule has 24 heavy (non-hydrogen) atoms. The molecule has 126 valence electrons. The van der Waals surface area contributed by atoms with Crippen molar-refractivity contribution in [3.8, 4) is 0 Å². The molecule has 4 nitrogen and oxygen atoms in total. The van der Waals surface area contributed by atoms with Crippen molar-refractivity contribution in [1.29, 1.82) is 0 Å². The van der Waals surface area contributed by atoms with Crippen molar-refractivity contribution < 1.29 is 14.7 Å². The summed E-state index contributed by atoms with van der Waals surface area (Å²) in [7, 11) is 0. The number of nitrogens with one attached hydrogen (secondary N) is 1. The smallest absolute Gasteiger partial charge is 0.307 e. The van der Waals surface area contributed by atoms with E-state index in [4.69, 9.17) is 16.7 Å². The number of para-hydroxylation sites is 1. The van der Waals surface area contributed by atoms with Crippen molar-refractivity contribution in [2.45, 2.75) is 26.2 Å². The third kappa shape index (κ3) is 5.70. The second kappa shape index (κ2) is 8.50. The number of benzene rings is 2. The molecular formula is C19H20ClNO3. The Labute approximate surface area is 146 Å². The highest BCUT2D eigenvalue weighted by Crippen LogP contribution is 2.19. The molecule has 0 radical (unpaired) electrons. The van der Waals surface area contributed by atoms with Crippen LogP contribution in [0.4, 0.5) is 5.69 Å². The number of carbonyl (C=O) groups excluding carboxylic acids is 1. The molecule has 0 saturated carbocycles. The molecule has 0 aliphatic rings. The average Bonchev–Trinajstić information content (AvgIpc) is 2.51. The van der Waals surface area contributed by atoms with E-state index < -0.39 is 5.97 Å². The summed E-state index contributed by atoms with van der Waals surface area (Å²) in [6, 6.07) is 14.6. The van der Waals surface area contributed by atoms with Crippen molar-refractivity contribution in [1.82, 2.24) is 0 Å². The number of anilines is 1. The van der Waals surface area contributed by atoms with Crippen LogP contribution in [0.1, 0.15) is 24.5 Å². The van der Waals surface area contributed by atoms with E-state index >= 15 is 0 Å². The molecule has 1 amide bonds. The summed E-state index contributed by atoms with van der Waals surface area (Å²) in [5.74, 6) is -0.875. The highest BCUT2D eigenvalue weighted by atomic mass is 35.5. The molecule has 0 saturated heterocycles. The summed E-state index contributed by atoms with van der Waals surface area (Å²) in [6.07, 6.45) is 1.03. The monoisotopic (exact) mass is 345 g/mol. The number of rotatable bonds is 7. The van der Waals surface area contributed by atoms with Crippen molar-refractivity contribution in [3.63, 3.8) is 0 Å². The minimum Gasteiger partial charge on any atom is -0.481 e. The lowest BCUT2D eigenvalue weighted by molar-refractivity contribution is -0.136. The maximum Gasteiger partial charge on any atom is 0.307 e. The molecule has 2 N–H and O–H groups in total. The molecule has 2 aromatic carbocycles. The standard InChI is InChI=1S/C19H20ClNO3/c1-13(10-14-6-8-16(20)9-7-14)11-18(22)21-17-5-3-2-4-15(17)12-19(23)24/h2-9,13H,10-12H2,1H3,(H,21,22)(H,23,24). The predicted molar refractivity (Wildman–Crippen MR) is 95.3 cm³/mol. The van der Waals surface area contributed by atoms with E-state index in [1.807, 2.05) is 31.2 Å². The molecular weight excluding hydrogens is 326 g/mol. The normalized spacial score (nSPS) is 11.8. The summed E-state index contributed by atoms with van der Waals surface area (Å²) in [5.41, 5.74) is 2.29. The molecule has 1 unspecified atom stereocenters. The zero-order valence-electron chi connectivity index (χ0n) is 13.5. The van der Waals surface area contributed by atoms with Gasteiger partial charge in [-0.25, -0.2) is 0 Å². The first kappa shape index (κ1) is 18.0. The minimum atomic E-state index is -0.923. The van der Waals surface area contributed by atoms with Crippen molar-refractivity contribution in [3.05, 3.63) is 64.7 Å². The summed E-state index contributed by atoms with van der Waals surface area (Å²) in [6.45, 7) is 2.01. The summed E-state index contributed by atoms with van der Waals surface area (Å²) < 4.78 is 0. The van der Waals surface area contributed by atoms with Gasteiger partial charge in [0.25, 0.3) is 0 Å². The SMILES string of the molecule is CC(CC(=O)Nc1ccccc1CC(=O)O)Cc1ccc(Cl)cc1. The van der Waals surface area contributed by atoms with E-state index in [0.29, 0.717) is 22.7 Å². The van der Waals surface area contributed by atoms with Gasteiger partial charge in [0, 0.05) is 17.1 Å². The van der Waals surface area contributed by atoms with Crippen LogP contribution in [0.2, 0.25) is 5.02 Å². The lowest BCUT2D eigenvalue weighted by atomic mass is 9.97. The Morgan fingerprint density at radius 1 is 1.12 bits per heavy atom. The molecule has 0 heterocycles. The Morgan fingerprint density at radius 3 is 2.46 bits per heavy atom. The first-order chi connectivity index (χ1) is 11.4. The second-order valence-corrected chi connectivity index (χ2v) is 6.35. The van der Waals surface area contributed by atoms with Crippen LogP contribution in [0.5, 0.6) is 0 Å². The van der Waals surface area contributed by atoms with Gasteiger partial charge in [0.1, 0.15) is 0 Å². The highest BCUT2D eigenvalue weighted by molar-refractivity contribution is 6.30. The first-order valence-electron chi connectivity index (χ1n) is 7.78. The van der Waals surface area contributed by atoms with Crippen molar-refractivity contribution >= 4 is 29.2 Å². The quantitative estimate of drug-likeness (QED) is 0.791. The van der Waals surface area contributed by atoms with E-state index in [2.05, 4.69) is 5.32 Å². The van der Waals surface area contributed by atoms with Crippen LogP contribution in [0.3, 0.4) is 0 Å².